The van der Waals surface area contributed by atoms with Crippen LogP contribution in [0.25, 0.3) is 0 Å². The molecule has 0 radical (unpaired) electrons. The number of nitrogens with two attached hydrogens (primary N) is 1. The Morgan fingerprint density at radius 3 is 2.64 bits per heavy atom. The summed E-state index contributed by atoms with van der Waals surface area (Å²) in [5.74, 6) is 0.0763. The maximum atomic E-state index is 11.4. The summed E-state index contributed by atoms with van der Waals surface area (Å²) in [5, 5.41) is 9.51. The van der Waals surface area contributed by atoms with Gasteiger partial charge in [0.15, 0.2) is 0 Å². The van der Waals surface area contributed by atoms with Crippen LogP contribution >= 0.6 is 23.5 Å². The Morgan fingerprint density at radius 1 is 1.41 bits per heavy atom. The number of carbonyl (C=O) groups excluding carboxylic acids is 2. The lowest BCUT2D eigenvalue weighted by Crippen LogP contribution is -2.24. The standard InChI is InChI=1S/C16H21NO3S2/c1-8-4-9(2)14-15(10(8)3)21-12(7-19)16(22-14)11(6-18)5-13(17)20/h4,6,9-10,12,19H,5,7H2,1-3H3,(H2,17,20)/b16-11-. The maximum absolute atomic E-state index is 11.4. The van der Waals surface area contributed by atoms with Gasteiger partial charge in [-0.2, -0.15) is 0 Å². The van der Waals surface area contributed by atoms with Crippen molar-refractivity contribution in [2.75, 3.05) is 6.61 Å². The number of aliphatic hydroxyl groups is 1. The molecule has 2 rings (SSSR count). The molecule has 3 unspecified atom stereocenters. The van der Waals surface area contributed by atoms with Crippen LogP contribution in [0.2, 0.25) is 0 Å². The zero-order valence-electron chi connectivity index (χ0n) is 13.0. The van der Waals surface area contributed by atoms with Crippen molar-refractivity contribution in [3.05, 3.63) is 31.9 Å². The molecule has 3 N–H and O–H groups in total. The van der Waals surface area contributed by atoms with Crippen LogP contribution in [0.1, 0.15) is 27.2 Å². The molecule has 120 valence electrons. The van der Waals surface area contributed by atoms with E-state index in [1.165, 1.54) is 27.1 Å². The van der Waals surface area contributed by atoms with Gasteiger partial charge >= 0.3 is 0 Å². The van der Waals surface area contributed by atoms with Gasteiger partial charge in [0.25, 0.3) is 0 Å². The summed E-state index contributed by atoms with van der Waals surface area (Å²) >= 11 is 3.14. The minimum atomic E-state index is -0.530. The summed E-state index contributed by atoms with van der Waals surface area (Å²) in [5.41, 5.74) is 6.95. The van der Waals surface area contributed by atoms with Gasteiger partial charge in [0.05, 0.1) is 18.3 Å². The van der Waals surface area contributed by atoms with Crippen LogP contribution in [0.5, 0.6) is 0 Å². The van der Waals surface area contributed by atoms with E-state index in [2.05, 4.69) is 26.8 Å². The van der Waals surface area contributed by atoms with Gasteiger partial charge in [0.2, 0.25) is 5.91 Å². The van der Waals surface area contributed by atoms with Crippen LogP contribution in [0.15, 0.2) is 31.9 Å². The van der Waals surface area contributed by atoms with Gasteiger partial charge < -0.3 is 10.8 Å². The normalized spacial score (nSPS) is 30.5. The molecule has 0 aromatic carbocycles. The monoisotopic (exact) mass is 339 g/mol. The van der Waals surface area contributed by atoms with E-state index in [9.17, 15) is 14.7 Å². The highest BCUT2D eigenvalue weighted by Gasteiger charge is 2.35. The van der Waals surface area contributed by atoms with Crippen LogP contribution in [0, 0.1) is 11.8 Å². The predicted molar refractivity (Wildman–Crippen MR) is 92.1 cm³/mol. The second-order valence-electron chi connectivity index (χ2n) is 5.69. The van der Waals surface area contributed by atoms with Gasteiger partial charge in [-0.25, -0.2) is 0 Å². The molecule has 0 aromatic heterocycles. The zero-order valence-corrected chi connectivity index (χ0v) is 14.6. The highest BCUT2D eigenvalue weighted by Crippen LogP contribution is 2.54. The molecular formula is C16H21NO3S2. The number of allylic oxidation sites excluding steroid dienone is 4. The Balaban J connectivity index is 2.45. The zero-order chi connectivity index (χ0) is 16.4. The lowest BCUT2D eigenvalue weighted by molar-refractivity contribution is -0.118. The molecule has 0 bridgehead atoms. The number of amides is 1. The number of hydrogen-bond acceptors (Lipinski definition) is 5. The van der Waals surface area contributed by atoms with Gasteiger partial charge in [0, 0.05) is 32.1 Å². The quantitative estimate of drug-likeness (QED) is 0.467. The number of rotatable bonds is 4. The van der Waals surface area contributed by atoms with E-state index in [4.69, 9.17) is 5.73 Å². The van der Waals surface area contributed by atoms with E-state index in [-0.39, 0.29) is 24.2 Å². The summed E-state index contributed by atoms with van der Waals surface area (Å²) < 4.78 is 0. The van der Waals surface area contributed by atoms with Gasteiger partial charge in [-0.1, -0.05) is 37.3 Å². The van der Waals surface area contributed by atoms with Crippen molar-refractivity contribution in [2.24, 2.45) is 17.6 Å². The molecule has 1 amide bonds. The second kappa shape index (κ2) is 7.06. The summed E-state index contributed by atoms with van der Waals surface area (Å²) in [7, 11) is 0. The van der Waals surface area contributed by atoms with Crippen molar-refractivity contribution in [1.82, 2.24) is 0 Å². The Bertz CT molecular complexity index is 592. The first kappa shape index (κ1) is 17.4. The fraction of sp³-hybridized carbons (Fsp3) is 0.500. The molecule has 0 spiro atoms. The van der Waals surface area contributed by atoms with Crippen molar-refractivity contribution in [1.29, 1.82) is 0 Å². The third-order valence-electron chi connectivity index (χ3n) is 4.02. The minimum Gasteiger partial charge on any atom is -0.395 e. The first-order valence-electron chi connectivity index (χ1n) is 7.23. The highest BCUT2D eigenvalue weighted by atomic mass is 32.2. The lowest BCUT2D eigenvalue weighted by atomic mass is 9.91. The molecule has 4 nitrogen and oxygen atoms in total. The maximum Gasteiger partial charge on any atom is 0.221 e. The Labute approximate surface area is 139 Å². The second-order valence-corrected chi connectivity index (χ2v) is 8.02. The smallest absolute Gasteiger partial charge is 0.221 e. The molecule has 1 heterocycles. The first-order valence-corrected chi connectivity index (χ1v) is 8.92. The molecule has 0 saturated heterocycles. The SMILES string of the molecule is CC1=CC(C)C2=C(SC(CO)/C(=C(/C=O)CC(N)=O)S2)C1C. The van der Waals surface area contributed by atoms with E-state index in [0.29, 0.717) is 17.8 Å². The van der Waals surface area contributed by atoms with E-state index in [0.717, 1.165) is 4.91 Å². The van der Waals surface area contributed by atoms with Gasteiger partial charge in [-0.05, 0) is 6.92 Å². The van der Waals surface area contributed by atoms with Crippen molar-refractivity contribution >= 4 is 35.7 Å². The lowest BCUT2D eigenvalue weighted by Gasteiger charge is -2.36. The first-order chi connectivity index (χ1) is 10.4. The van der Waals surface area contributed by atoms with Crippen LogP contribution < -0.4 is 5.73 Å². The molecule has 6 heteroatoms. The molecular weight excluding hydrogens is 318 g/mol. The molecule has 0 aromatic rings. The predicted octanol–water partition coefficient (Wildman–Crippen LogP) is 2.60. The van der Waals surface area contributed by atoms with Crippen LogP contribution in [0.3, 0.4) is 0 Å². The van der Waals surface area contributed by atoms with Crippen molar-refractivity contribution in [2.45, 2.75) is 32.4 Å². The van der Waals surface area contributed by atoms with E-state index in [1.807, 2.05) is 0 Å². The summed E-state index contributed by atoms with van der Waals surface area (Å²) in [6, 6.07) is 0. The number of thioether (sulfide) groups is 2. The summed E-state index contributed by atoms with van der Waals surface area (Å²) in [4.78, 5) is 25.8. The van der Waals surface area contributed by atoms with Crippen molar-refractivity contribution in [3.8, 4) is 0 Å². The molecule has 1 aliphatic carbocycles. The Hall–Kier alpha value is -0.980. The third kappa shape index (κ3) is 3.34. The van der Waals surface area contributed by atoms with Gasteiger partial charge in [0.1, 0.15) is 6.29 Å². The largest absolute Gasteiger partial charge is 0.395 e. The molecule has 0 fully saturated rings. The van der Waals surface area contributed by atoms with E-state index >= 15 is 0 Å². The number of aliphatic hydroxyl groups excluding tert-OH is 1. The number of hydrogen-bond donors (Lipinski definition) is 2. The average molecular weight is 339 g/mol. The molecule has 0 saturated carbocycles. The highest BCUT2D eigenvalue weighted by molar-refractivity contribution is 8.13. The van der Waals surface area contributed by atoms with E-state index < -0.39 is 5.91 Å². The van der Waals surface area contributed by atoms with Crippen LogP contribution in [-0.2, 0) is 9.59 Å². The fourth-order valence-corrected chi connectivity index (χ4v) is 5.84. The summed E-state index contributed by atoms with van der Waals surface area (Å²) in [6.07, 6.45) is 2.85. The van der Waals surface area contributed by atoms with Crippen molar-refractivity contribution in [3.63, 3.8) is 0 Å². The number of aldehydes is 1. The van der Waals surface area contributed by atoms with Crippen LogP contribution in [0.4, 0.5) is 0 Å². The number of primary amides is 1. The molecule has 22 heavy (non-hydrogen) atoms. The average Bonchev–Trinajstić information content (AvgIpc) is 2.49. The van der Waals surface area contributed by atoms with Crippen molar-refractivity contribution < 1.29 is 14.7 Å². The summed E-state index contributed by atoms with van der Waals surface area (Å²) in [6.45, 7) is 6.35. The Kier molecular flexibility index (Phi) is 5.58. The minimum absolute atomic E-state index is 0.0657. The van der Waals surface area contributed by atoms with Crippen LogP contribution in [-0.4, -0.2) is 29.2 Å². The molecule has 2 aliphatic rings. The Morgan fingerprint density at radius 2 is 2.09 bits per heavy atom. The number of carbonyl (C=O) groups is 2. The topological polar surface area (TPSA) is 80.4 Å². The van der Waals surface area contributed by atoms with Gasteiger partial charge in [-0.3, -0.25) is 9.59 Å². The third-order valence-corrected chi connectivity index (χ3v) is 7.37. The van der Waals surface area contributed by atoms with Gasteiger partial charge in [-0.15, -0.1) is 11.8 Å². The molecule has 1 aliphatic heterocycles. The fourth-order valence-electron chi connectivity index (χ4n) is 2.72. The van der Waals surface area contributed by atoms with E-state index in [1.54, 1.807) is 11.8 Å². The molecule has 3 atom stereocenters.